The number of thiazole rings is 1. The predicted molar refractivity (Wildman–Crippen MR) is 143 cm³/mol. The molecule has 3 aromatic heterocycles. The van der Waals surface area contributed by atoms with Crippen LogP contribution in [0.1, 0.15) is 35.3 Å². The van der Waals surface area contributed by atoms with Crippen LogP contribution in [0.2, 0.25) is 0 Å². The van der Waals surface area contributed by atoms with E-state index >= 15 is 0 Å². The maximum absolute atomic E-state index is 13.0. The number of nitrogens with zero attached hydrogens (tertiary/aromatic N) is 5. The van der Waals surface area contributed by atoms with Crippen molar-refractivity contribution in [2.24, 2.45) is 0 Å². The molecule has 3 aliphatic rings. The molecule has 2 unspecified atom stereocenters. The third kappa shape index (κ3) is 4.48. The fourth-order valence-corrected chi connectivity index (χ4v) is 7.04. The number of fused-ring (bicyclic) bond motifs is 2. The second-order valence-corrected chi connectivity index (χ2v) is 12.7. The fraction of sp³-hybridized carbons (Fsp3) is 0.440. The maximum atomic E-state index is 13.0. The normalized spacial score (nSPS) is 22.8. The highest BCUT2D eigenvalue weighted by Crippen LogP contribution is 2.34. The van der Waals surface area contributed by atoms with Gasteiger partial charge in [0.2, 0.25) is 15.9 Å². The summed E-state index contributed by atoms with van der Waals surface area (Å²) in [6, 6.07) is 7.48. The van der Waals surface area contributed by atoms with Crippen LogP contribution in [0.15, 0.2) is 35.8 Å². The van der Waals surface area contributed by atoms with Crippen LogP contribution >= 0.6 is 11.3 Å². The zero-order valence-corrected chi connectivity index (χ0v) is 22.7. The summed E-state index contributed by atoms with van der Waals surface area (Å²) >= 11 is 1.30. The Labute approximate surface area is 224 Å². The summed E-state index contributed by atoms with van der Waals surface area (Å²) in [6.45, 7) is 3.48. The molecule has 3 aromatic rings. The number of hydrogen-bond donors (Lipinski definition) is 1. The Balaban J connectivity index is 1.13. The van der Waals surface area contributed by atoms with Crippen LogP contribution < -0.4 is 10.2 Å². The van der Waals surface area contributed by atoms with E-state index in [1.165, 1.54) is 28.5 Å². The van der Waals surface area contributed by atoms with Crippen LogP contribution in [-0.4, -0.2) is 83.2 Å². The highest BCUT2D eigenvalue weighted by Gasteiger charge is 2.39. The molecule has 11 nitrogen and oxygen atoms in total. The summed E-state index contributed by atoms with van der Waals surface area (Å²) < 4.78 is 30.6. The van der Waals surface area contributed by atoms with Gasteiger partial charge >= 0.3 is 0 Å². The number of anilines is 2. The molecule has 200 valence electrons. The number of rotatable bonds is 6. The van der Waals surface area contributed by atoms with E-state index in [2.05, 4.69) is 15.2 Å². The number of carbonyl (C=O) groups is 2. The van der Waals surface area contributed by atoms with Crippen LogP contribution in [0.4, 0.5) is 10.9 Å². The van der Waals surface area contributed by atoms with E-state index < -0.39 is 16.1 Å². The van der Waals surface area contributed by atoms with Gasteiger partial charge in [-0.1, -0.05) is 6.07 Å². The molecule has 1 N–H and O–H groups in total. The van der Waals surface area contributed by atoms with Gasteiger partial charge in [-0.3, -0.25) is 9.59 Å². The van der Waals surface area contributed by atoms with Crippen molar-refractivity contribution in [3.05, 3.63) is 47.1 Å². The number of likely N-dealkylation sites (tertiary alicyclic amines) is 1. The Morgan fingerprint density at radius 3 is 2.53 bits per heavy atom. The molecule has 0 saturated carbocycles. The Morgan fingerprint density at radius 1 is 1.11 bits per heavy atom. The number of pyridine rings is 1. The molecule has 3 aliphatic heterocycles. The van der Waals surface area contributed by atoms with Crippen LogP contribution in [0.5, 0.6) is 0 Å². The van der Waals surface area contributed by atoms with Gasteiger partial charge < -0.3 is 19.9 Å². The maximum Gasteiger partial charge on any atom is 0.256 e. The van der Waals surface area contributed by atoms with E-state index in [9.17, 15) is 18.0 Å². The summed E-state index contributed by atoms with van der Waals surface area (Å²) in [6.07, 6.45) is 5.11. The van der Waals surface area contributed by atoms with E-state index in [1.54, 1.807) is 6.92 Å². The Hall–Kier alpha value is -3.29. The lowest BCUT2D eigenvalue weighted by Gasteiger charge is -2.39. The third-order valence-electron chi connectivity index (χ3n) is 7.39. The molecule has 13 heteroatoms. The number of aryl methyl sites for hydroxylation is 1. The summed E-state index contributed by atoms with van der Waals surface area (Å²) in [7, 11) is -3.52. The predicted octanol–water partition coefficient (Wildman–Crippen LogP) is 2.34. The minimum absolute atomic E-state index is 0.238. The zero-order valence-electron chi connectivity index (χ0n) is 21.0. The number of hydrogen-bond acceptors (Lipinski definition) is 9. The highest BCUT2D eigenvalue weighted by atomic mass is 32.2. The van der Waals surface area contributed by atoms with Gasteiger partial charge in [0.1, 0.15) is 17.6 Å². The second kappa shape index (κ2) is 9.47. The topological polar surface area (TPSA) is 127 Å². The smallest absolute Gasteiger partial charge is 0.256 e. The minimum atomic E-state index is -3.52. The second-order valence-electron chi connectivity index (χ2n) is 9.97. The first-order valence-corrected chi connectivity index (χ1v) is 15.2. The number of ether oxygens (including phenoxy) is 1. The van der Waals surface area contributed by atoms with Gasteiger partial charge in [-0.2, -0.15) is 0 Å². The third-order valence-corrected chi connectivity index (χ3v) is 9.26. The molecule has 38 heavy (non-hydrogen) atoms. The number of amides is 2. The molecule has 0 aliphatic carbocycles. The Kier molecular flexibility index (Phi) is 6.23. The first kappa shape index (κ1) is 25.0. The van der Waals surface area contributed by atoms with Gasteiger partial charge in [0.15, 0.2) is 5.13 Å². The summed E-state index contributed by atoms with van der Waals surface area (Å²) in [5, 5.41) is 5.12. The van der Waals surface area contributed by atoms with Gasteiger partial charge in [0, 0.05) is 23.8 Å². The standard InChI is InChI=1S/C25H28N6O5S2/c1-15-10-16(11-30(15)38(2,34)35)24(33)29-9-8-21(29)23(32)28-25-27-20(14-37-25)19-4-3-5-22(26-19)31-17-6-7-18(31)13-36-12-17/h3-5,10-11,14,17-18,21H,6-9,12-13H2,1-2H3,(H,27,28,32)/t17?,18?,21-/m0/s1. The van der Waals surface area contributed by atoms with E-state index in [-0.39, 0.29) is 17.4 Å². The van der Waals surface area contributed by atoms with Crippen molar-refractivity contribution in [3.8, 4) is 11.4 Å². The van der Waals surface area contributed by atoms with Gasteiger partial charge in [0.25, 0.3) is 5.91 Å². The van der Waals surface area contributed by atoms with Gasteiger partial charge in [-0.15, -0.1) is 11.3 Å². The average Bonchev–Trinajstić information content (AvgIpc) is 3.54. The summed E-state index contributed by atoms with van der Waals surface area (Å²) in [4.78, 5) is 39.2. The first-order valence-electron chi connectivity index (χ1n) is 12.5. The van der Waals surface area contributed by atoms with Gasteiger partial charge in [0.05, 0.1) is 42.8 Å². The molecule has 0 radical (unpaired) electrons. The van der Waals surface area contributed by atoms with E-state index in [0.717, 1.165) is 47.8 Å². The fourth-order valence-electron chi connectivity index (χ4n) is 5.45. The van der Waals surface area contributed by atoms with Crippen molar-refractivity contribution < 1.29 is 22.7 Å². The van der Waals surface area contributed by atoms with E-state index in [4.69, 9.17) is 9.72 Å². The number of carbonyl (C=O) groups excluding carboxylic acids is 2. The van der Waals surface area contributed by atoms with Gasteiger partial charge in [-0.05, 0) is 44.4 Å². The molecule has 0 aromatic carbocycles. The molecule has 2 amide bonds. The largest absolute Gasteiger partial charge is 0.377 e. The summed E-state index contributed by atoms with van der Waals surface area (Å²) in [5.74, 6) is 0.219. The highest BCUT2D eigenvalue weighted by molar-refractivity contribution is 7.89. The van der Waals surface area contributed by atoms with Crippen molar-refractivity contribution in [2.75, 3.05) is 36.2 Å². The molecule has 6 rings (SSSR count). The van der Waals surface area contributed by atoms with Crippen LogP contribution in [0.25, 0.3) is 11.4 Å². The van der Waals surface area contributed by atoms with E-state index in [1.807, 2.05) is 23.6 Å². The quantitative estimate of drug-likeness (QED) is 0.490. The Bertz CT molecular complexity index is 1500. The average molecular weight is 557 g/mol. The van der Waals surface area contributed by atoms with E-state index in [0.29, 0.717) is 41.6 Å². The number of morpholine rings is 1. The molecule has 6 heterocycles. The van der Waals surface area contributed by atoms with Crippen molar-refractivity contribution >= 4 is 44.1 Å². The zero-order chi connectivity index (χ0) is 26.6. The number of aromatic nitrogens is 3. The Morgan fingerprint density at radius 2 is 1.87 bits per heavy atom. The van der Waals surface area contributed by atoms with Crippen LogP contribution in [0, 0.1) is 6.92 Å². The monoisotopic (exact) mass is 556 g/mol. The van der Waals surface area contributed by atoms with Gasteiger partial charge in [-0.25, -0.2) is 22.4 Å². The lowest BCUT2D eigenvalue weighted by atomic mass is 10.0. The van der Waals surface area contributed by atoms with Crippen molar-refractivity contribution in [3.63, 3.8) is 0 Å². The minimum Gasteiger partial charge on any atom is -0.377 e. The SMILES string of the molecule is Cc1cc(C(=O)N2CC[C@H]2C(=O)Nc2nc(-c3cccc(N4C5CCC4COC5)n3)cs2)cn1S(C)(=O)=O. The lowest BCUT2D eigenvalue weighted by molar-refractivity contribution is -0.123. The van der Waals surface area contributed by atoms with Crippen molar-refractivity contribution in [1.82, 2.24) is 18.8 Å². The molecule has 3 saturated heterocycles. The molecule has 3 atom stereocenters. The number of nitrogens with one attached hydrogen (secondary N) is 1. The van der Waals surface area contributed by atoms with Crippen molar-refractivity contribution in [2.45, 2.75) is 44.3 Å². The molecule has 0 spiro atoms. The van der Waals surface area contributed by atoms with Crippen LogP contribution in [0.3, 0.4) is 0 Å². The lowest BCUT2D eigenvalue weighted by Crippen LogP contribution is -2.56. The first-order chi connectivity index (χ1) is 18.2. The van der Waals surface area contributed by atoms with Crippen LogP contribution in [-0.2, 0) is 19.6 Å². The molecular weight excluding hydrogens is 528 g/mol. The summed E-state index contributed by atoms with van der Waals surface area (Å²) in [5.41, 5.74) is 2.08. The molecular formula is C25H28N6O5S2. The molecule has 3 fully saturated rings. The van der Waals surface area contributed by atoms with Crippen molar-refractivity contribution in [1.29, 1.82) is 0 Å². The molecule has 2 bridgehead atoms.